The van der Waals surface area contributed by atoms with Gasteiger partial charge in [-0.15, -0.1) is 0 Å². The van der Waals surface area contributed by atoms with Crippen LogP contribution in [0.5, 0.6) is 5.75 Å². The molecule has 27 heavy (non-hydrogen) atoms. The van der Waals surface area contributed by atoms with Crippen LogP contribution >= 0.6 is 0 Å². The van der Waals surface area contributed by atoms with Crippen molar-refractivity contribution >= 4 is 11.6 Å². The highest BCUT2D eigenvalue weighted by Gasteiger charge is 2.21. The first-order chi connectivity index (χ1) is 13.3. The molecule has 0 unspecified atom stereocenters. The molecule has 0 bridgehead atoms. The van der Waals surface area contributed by atoms with Crippen molar-refractivity contribution in [3.63, 3.8) is 0 Å². The number of nitrogens with one attached hydrogen (secondary N) is 2. The first-order valence-corrected chi connectivity index (χ1v) is 8.99. The molecule has 1 aromatic heterocycles. The van der Waals surface area contributed by atoms with E-state index in [0.29, 0.717) is 24.6 Å². The number of aromatic nitrogens is 1. The largest absolute Gasteiger partial charge is 0.492 e. The normalized spacial score (nSPS) is 11.6. The van der Waals surface area contributed by atoms with Gasteiger partial charge in [-0.1, -0.05) is 48.5 Å². The molecule has 1 amide bonds. The fourth-order valence-electron chi connectivity index (χ4n) is 2.77. The van der Waals surface area contributed by atoms with Crippen molar-refractivity contribution in [3.8, 4) is 5.75 Å². The van der Waals surface area contributed by atoms with Crippen molar-refractivity contribution in [1.29, 1.82) is 0 Å². The molecule has 0 aliphatic carbocycles. The third kappa shape index (κ3) is 5.15. The molecule has 0 saturated heterocycles. The Hall–Kier alpha value is -3.18. The fraction of sp³-hybridized carbons (Fsp3) is 0.182. The SMILES string of the molecule is CCOc1ccccc1NC(=O)[C@@H](NCc1ccccn1)c1ccccc1. The molecule has 3 aromatic rings. The average molecular weight is 361 g/mol. The highest BCUT2D eigenvalue weighted by molar-refractivity contribution is 5.96. The first kappa shape index (κ1) is 18.6. The standard InChI is InChI=1S/C22H23N3O2/c1-2-27-20-14-7-6-13-19(20)25-22(26)21(17-10-4-3-5-11-17)24-16-18-12-8-9-15-23-18/h3-15,21,24H,2,16H2,1H3,(H,25,26)/t21-/m0/s1. The van der Waals surface area contributed by atoms with Crippen molar-refractivity contribution < 1.29 is 9.53 Å². The van der Waals surface area contributed by atoms with Crippen LogP contribution in [0.25, 0.3) is 0 Å². The Morgan fingerprint density at radius 2 is 1.74 bits per heavy atom. The lowest BCUT2D eigenvalue weighted by Crippen LogP contribution is -2.33. The monoisotopic (exact) mass is 361 g/mol. The molecular formula is C22H23N3O2. The maximum absolute atomic E-state index is 13.0. The van der Waals surface area contributed by atoms with Crippen molar-refractivity contribution in [2.45, 2.75) is 19.5 Å². The lowest BCUT2D eigenvalue weighted by Gasteiger charge is -2.20. The molecule has 5 nitrogen and oxygen atoms in total. The molecule has 2 aromatic carbocycles. The average Bonchev–Trinajstić information content (AvgIpc) is 2.71. The van der Waals surface area contributed by atoms with Crippen LogP contribution in [0.2, 0.25) is 0 Å². The van der Waals surface area contributed by atoms with E-state index in [1.54, 1.807) is 6.20 Å². The lowest BCUT2D eigenvalue weighted by molar-refractivity contribution is -0.118. The van der Waals surface area contributed by atoms with Crippen LogP contribution in [0.1, 0.15) is 24.2 Å². The minimum Gasteiger partial charge on any atom is -0.492 e. The molecule has 1 atom stereocenters. The first-order valence-electron chi connectivity index (χ1n) is 8.99. The third-order valence-corrected chi connectivity index (χ3v) is 4.05. The Morgan fingerprint density at radius 3 is 2.48 bits per heavy atom. The van der Waals surface area contributed by atoms with E-state index in [9.17, 15) is 4.79 Å². The number of amides is 1. The van der Waals surface area contributed by atoms with Gasteiger partial charge in [-0.05, 0) is 36.8 Å². The molecule has 2 N–H and O–H groups in total. The van der Waals surface area contributed by atoms with Crippen LogP contribution in [-0.4, -0.2) is 17.5 Å². The molecule has 5 heteroatoms. The summed E-state index contributed by atoms with van der Waals surface area (Å²) in [6, 6.07) is 22.3. The smallest absolute Gasteiger partial charge is 0.246 e. The van der Waals surface area contributed by atoms with Gasteiger partial charge in [0.25, 0.3) is 0 Å². The number of carbonyl (C=O) groups excluding carboxylic acids is 1. The Morgan fingerprint density at radius 1 is 1.00 bits per heavy atom. The molecule has 138 valence electrons. The summed E-state index contributed by atoms with van der Waals surface area (Å²) in [5.41, 5.74) is 2.42. The van der Waals surface area contributed by atoms with Crippen molar-refractivity contribution in [3.05, 3.63) is 90.3 Å². The molecular weight excluding hydrogens is 338 g/mol. The van der Waals surface area contributed by atoms with Gasteiger partial charge >= 0.3 is 0 Å². The molecule has 0 fully saturated rings. The van der Waals surface area contributed by atoms with Crippen LogP contribution in [0.3, 0.4) is 0 Å². The second kappa shape index (κ2) is 9.50. The Kier molecular flexibility index (Phi) is 6.55. The van der Waals surface area contributed by atoms with Crippen LogP contribution in [0.4, 0.5) is 5.69 Å². The van der Waals surface area contributed by atoms with Gasteiger partial charge in [0.1, 0.15) is 11.8 Å². The van der Waals surface area contributed by atoms with Gasteiger partial charge in [0.05, 0.1) is 18.0 Å². The van der Waals surface area contributed by atoms with Gasteiger partial charge in [-0.2, -0.15) is 0 Å². The molecule has 1 heterocycles. The summed E-state index contributed by atoms with van der Waals surface area (Å²) >= 11 is 0. The van der Waals surface area contributed by atoms with E-state index in [1.807, 2.05) is 79.7 Å². The summed E-state index contributed by atoms with van der Waals surface area (Å²) in [5.74, 6) is 0.508. The van der Waals surface area contributed by atoms with E-state index in [-0.39, 0.29) is 5.91 Å². The lowest BCUT2D eigenvalue weighted by atomic mass is 10.1. The predicted molar refractivity (Wildman–Crippen MR) is 107 cm³/mol. The van der Waals surface area contributed by atoms with Crippen LogP contribution in [0, 0.1) is 0 Å². The van der Waals surface area contributed by atoms with Crippen molar-refractivity contribution in [1.82, 2.24) is 10.3 Å². The number of ether oxygens (including phenoxy) is 1. The van der Waals surface area contributed by atoms with Crippen LogP contribution < -0.4 is 15.4 Å². The van der Waals surface area contributed by atoms with E-state index in [4.69, 9.17) is 4.74 Å². The predicted octanol–water partition coefficient (Wildman–Crippen LogP) is 3.95. The number of hydrogen-bond acceptors (Lipinski definition) is 4. The molecule has 0 saturated carbocycles. The summed E-state index contributed by atoms with van der Waals surface area (Å²) < 4.78 is 5.61. The Balaban J connectivity index is 1.79. The molecule has 0 aliphatic heterocycles. The maximum Gasteiger partial charge on any atom is 0.246 e. The van der Waals surface area contributed by atoms with Crippen LogP contribution in [-0.2, 0) is 11.3 Å². The van der Waals surface area contributed by atoms with Gasteiger partial charge < -0.3 is 10.1 Å². The summed E-state index contributed by atoms with van der Waals surface area (Å²) in [4.78, 5) is 17.4. The number of para-hydroxylation sites is 2. The van der Waals surface area contributed by atoms with Crippen molar-refractivity contribution in [2.75, 3.05) is 11.9 Å². The van der Waals surface area contributed by atoms with Gasteiger partial charge in [0, 0.05) is 12.7 Å². The third-order valence-electron chi connectivity index (χ3n) is 4.05. The van der Waals surface area contributed by atoms with E-state index in [2.05, 4.69) is 15.6 Å². The maximum atomic E-state index is 13.0. The highest BCUT2D eigenvalue weighted by atomic mass is 16.5. The van der Waals surface area contributed by atoms with Crippen LogP contribution in [0.15, 0.2) is 79.0 Å². The number of carbonyl (C=O) groups is 1. The number of pyridine rings is 1. The molecule has 0 radical (unpaired) electrons. The van der Waals surface area contributed by atoms with E-state index < -0.39 is 6.04 Å². The molecule has 0 aliphatic rings. The molecule has 0 spiro atoms. The fourth-order valence-corrected chi connectivity index (χ4v) is 2.77. The zero-order valence-electron chi connectivity index (χ0n) is 15.3. The van der Waals surface area contributed by atoms with Gasteiger partial charge in [-0.25, -0.2) is 0 Å². The number of hydrogen-bond donors (Lipinski definition) is 2. The zero-order chi connectivity index (χ0) is 18.9. The topological polar surface area (TPSA) is 63.2 Å². The summed E-state index contributed by atoms with van der Waals surface area (Å²) in [7, 11) is 0. The molecule has 3 rings (SSSR count). The van der Waals surface area contributed by atoms with E-state index >= 15 is 0 Å². The van der Waals surface area contributed by atoms with Gasteiger partial charge in [-0.3, -0.25) is 15.1 Å². The minimum absolute atomic E-state index is 0.149. The quantitative estimate of drug-likeness (QED) is 0.638. The minimum atomic E-state index is -0.511. The van der Waals surface area contributed by atoms with E-state index in [1.165, 1.54) is 0 Å². The number of benzene rings is 2. The second-order valence-electron chi connectivity index (χ2n) is 5.96. The summed E-state index contributed by atoms with van der Waals surface area (Å²) in [6.07, 6.45) is 1.74. The highest BCUT2D eigenvalue weighted by Crippen LogP contribution is 2.25. The van der Waals surface area contributed by atoms with Gasteiger partial charge in [0.2, 0.25) is 5.91 Å². The van der Waals surface area contributed by atoms with Crippen molar-refractivity contribution in [2.24, 2.45) is 0 Å². The zero-order valence-corrected chi connectivity index (χ0v) is 15.3. The number of anilines is 1. The summed E-state index contributed by atoms with van der Waals surface area (Å²) in [5, 5.41) is 6.29. The number of nitrogens with zero attached hydrogens (tertiary/aromatic N) is 1. The van der Waals surface area contributed by atoms with E-state index in [0.717, 1.165) is 11.3 Å². The Labute approximate surface area is 159 Å². The Bertz CT molecular complexity index is 854. The summed E-state index contributed by atoms with van der Waals surface area (Å²) in [6.45, 7) is 2.94. The second-order valence-corrected chi connectivity index (χ2v) is 5.96. The number of rotatable bonds is 8. The van der Waals surface area contributed by atoms with Gasteiger partial charge in [0.15, 0.2) is 0 Å².